The van der Waals surface area contributed by atoms with Gasteiger partial charge >= 0.3 is 19.8 Å². The van der Waals surface area contributed by atoms with Crippen molar-refractivity contribution >= 4 is 19.8 Å². The highest BCUT2D eigenvalue weighted by atomic mass is 31.2. The van der Waals surface area contributed by atoms with Crippen LogP contribution in [-0.4, -0.2) is 74.9 Å². The van der Waals surface area contributed by atoms with Gasteiger partial charge in [0.25, 0.3) is 0 Å². The van der Waals surface area contributed by atoms with Crippen molar-refractivity contribution in [2.75, 3.05) is 47.5 Å². The SMILES string of the molecule is CCCCC/C=C/C/C=C/C/C=C/C/C=C/CCCC(=O)O[C@H](COC(=O)CCCCCCCCC/C=C/CCCCCC)COP(=O)(O)OCC[N+](C)(C)C. The molecule has 9 nitrogen and oxygen atoms in total. The first-order valence-corrected chi connectivity index (χ1v) is 23.5. The molecule has 0 aliphatic carbocycles. The minimum Gasteiger partial charge on any atom is -0.462 e. The largest absolute Gasteiger partial charge is 0.472 e. The Bertz CT molecular complexity index is 1140. The van der Waals surface area contributed by atoms with Crippen LogP contribution < -0.4 is 0 Å². The number of rotatable bonds is 39. The van der Waals surface area contributed by atoms with Gasteiger partial charge in [0.1, 0.15) is 19.8 Å². The lowest BCUT2D eigenvalue weighted by Crippen LogP contribution is -2.37. The second kappa shape index (κ2) is 38.2. The molecule has 0 aromatic rings. The van der Waals surface area contributed by atoms with Gasteiger partial charge in [-0.3, -0.25) is 18.6 Å². The summed E-state index contributed by atoms with van der Waals surface area (Å²) in [5, 5.41) is 0. The molecule has 0 aliphatic heterocycles. The van der Waals surface area contributed by atoms with E-state index in [1.807, 2.05) is 27.2 Å². The molecule has 0 saturated heterocycles. The molecular weight excluding hydrogens is 725 g/mol. The molecule has 0 bridgehead atoms. The van der Waals surface area contributed by atoms with Crippen LogP contribution in [0.25, 0.3) is 0 Å². The molecule has 0 aromatic carbocycles. The normalized spacial score (nSPS) is 14.2. The zero-order valence-electron chi connectivity index (χ0n) is 36.3. The van der Waals surface area contributed by atoms with Gasteiger partial charge in [0.2, 0.25) is 0 Å². The number of unbranched alkanes of at least 4 members (excludes halogenated alkanes) is 15. The van der Waals surface area contributed by atoms with Gasteiger partial charge in [-0.2, -0.15) is 0 Å². The van der Waals surface area contributed by atoms with Crippen molar-refractivity contribution in [3.63, 3.8) is 0 Å². The highest BCUT2D eigenvalue weighted by Gasteiger charge is 2.27. The van der Waals surface area contributed by atoms with E-state index in [4.69, 9.17) is 18.5 Å². The minimum atomic E-state index is -4.39. The molecule has 0 saturated carbocycles. The maximum absolute atomic E-state index is 12.7. The first kappa shape index (κ1) is 53.7. The van der Waals surface area contributed by atoms with Gasteiger partial charge in [0.15, 0.2) is 6.10 Å². The number of ether oxygens (including phenoxy) is 2. The molecule has 0 radical (unpaired) electrons. The monoisotopic (exact) mass is 809 g/mol. The number of carbonyl (C=O) groups is 2. The maximum atomic E-state index is 12.7. The lowest BCUT2D eigenvalue weighted by Gasteiger charge is -2.24. The first-order valence-electron chi connectivity index (χ1n) is 22.0. The molecule has 0 fully saturated rings. The number of hydrogen-bond acceptors (Lipinski definition) is 7. The quantitative estimate of drug-likeness (QED) is 0.0215. The predicted molar refractivity (Wildman–Crippen MR) is 233 cm³/mol. The number of carbonyl (C=O) groups excluding carboxylic acids is 2. The number of phosphoric ester groups is 1. The predicted octanol–water partition coefficient (Wildman–Crippen LogP) is 12.5. The number of likely N-dealkylation sites (N-methyl/N-ethyl adjacent to an activating group) is 1. The smallest absolute Gasteiger partial charge is 0.462 e. The summed E-state index contributed by atoms with van der Waals surface area (Å²) in [4.78, 5) is 35.3. The number of esters is 2. The Labute approximate surface area is 343 Å². The Hall–Kier alpha value is -2.29. The van der Waals surface area contributed by atoms with Gasteiger partial charge in [-0.15, -0.1) is 0 Å². The number of quaternary nitrogens is 1. The summed E-state index contributed by atoms with van der Waals surface area (Å²) in [5.74, 6) is -0.873. The molecule has 0 aliphatic rings. The molecular formula is C46H83NO8P+. The molecule has 10 heteroatoms. The van der Waals surface area contributed by atoms with Crippen molar-refractivity contribution in [3.8, 4) is 0 Å². The molecule has 0 amide bonds. The van der Waals surface area contributed by atoms with Crippen molar-refractivity contribution in [2.24, 2.45) is 0 Å². The summed E-state index contributed by atoms with van der Waals surface area (Å²) in [6.45, 7) is 4.30. The second-order valence-electron chi connectivity index (χ2n) is 15.7. The highest BCUT2D eigenvalue weighted by molar-refractivity contribution is 7.47. The Balaban J connectivity index is 4.48. The lowest BCUT2D eigenvalue weighted by molar-refractivity contribution is -0.870. The molecule has 0 spiro atoms. The summed E-state index contributed by atoms with van der Waals surface area (Å²) in [6, 6.07) is 0. The Kier molecular flexibility index (Phi) is 36.7. The molecule has 0 rings (SSSR count). The van der Waals surface area contributed by atoms with Crippen molar-refractivity contribution in [1.82, 2.24) is 0 Å². The van der Waals surface area contributed by atoms with Crippen molar-refractivity contribution in [1.29, 1.82) is 0 Å². The fourth-order valence-corrected chi connectivity index (χ4v) is 6.27. The fourth-order valence-electron chi connectivity index (χ4n) is 5.53. The van der Waals surface area contributed by atoms with Crippen LogP contribution in [0.2, 0.25) is 0 Å². The van der Waals surface area contributed by atoms with Crippen LogP contribution in [-0.2, 0) is 32.7 Å². The van der Waals surface area contributed by atoms with Gasteiger partial charge in [-0.25, -0.2) is 4.57 Å². The molecule has 0 aromatic heterocycles. The summed E-state index contributed by atoms with van der Waals surface area (Å²) < 4.78 is 34.2. The second-order valence-corrected chi connectivity index (χ2v) is 17.2. The van der Waals surface area contributed by atoms with E-state index in [-0.39, 0.29) is 32.0 Å². The average molecular weight is 809 g/mol. The average Bonchev–Trinajstić information content (AvgIpc) is 3.15. The zero-order valence-corrected chi connectivity index (χ0v) is 37.2. The van der Waals surface area contributed by atoms with Crippen LogP contribution >= 0.6 is 7.82 Å². The van der Waals surface area contributed by atoms with E-state index in [2.05, 4.69) is 68.5 Å². The summed E-state index contributed by atoms with van der Waals surface area (Å²) in [6.07, 6.45) is 45.6. The van der Waals surface area contributed by atoms with Gasteiger partial charge < -0.3 is 18.9 Å². The van der Waals surface area contributed by atoms with Crippen LogP contribution in [0, 0.1) is 0 Å². The van der Waals surface area contributed by atoms with E-state index < -0.39 is 26.5 Å². The van der Waals surface area contributed by atoms with Crippen LogP contribution in [0.4, 0.5) is 0 Å². The van der Waals surface area contributed by atoms with E-state index in [0.717, 1.165) is 51.4 Å². The molecule has 1 unspecified atom stereocenters. The summed E-state index contributed by atoms with van der Waals surface area (Å²) >= 11 is 0. The molecule has 324 valence electrons. The van der Waals surface area contributed by atoms with E-state index in [1.54, 1.807) is 0 Å². The topological polar surface area (TPSA) is 108 Å². The van der Waals surface area contributed by atoms with Crippen LogP contribution in [0.15, 0.2) is 60.8 Å². The van der Waals surface area contributed by atoms with Gasteiger partial charge in [0.05, 0.1) is 27.7 Å². The van der Waals surface area contributed by atoms with E-state index in [9.17, 15) is 19.0 Å². The van der Waals surface area contributed by atoms with Gasteiger partial charge in [0, 0.05) is 12.8 Å². The number of nitrogens with zero attached hydrogens (tertiary/aromatic N) is 1. The van der Waals surface area contributed by atoms with E-state index in [1.165, 1.54) is 77.0 Å². The van der Waals surface area contributed by atoms with Gasteiger partial charge in [-0.05, 0) is 77.0 Å². The number of phosphoric acid groups is 1. The summed E-state index contributed by atoms with van der Waals surface area (Å²) in [5.41, 5.74) is 0. The highest BCUT2D eigenvalue weighted by Crippen LogP contribution is 2.43. The summed E-state index contributed by atoms with van der Waals surface area (Å²) in [7, 11) is 1.43. The van der Waals surface area contributed by atoms with Crippen molar-refractivity contribution in [2.45, 2.75) is 174 Å². The third-order valence-corrected chi connectivity index (χ3v) is 10.0. The maximum Gasteiger partial charge on any atom is 0.472 e. The van der Waals surface area contributed by atoms with E-state index in [0.29, 0.717) is 23.9 Å². The van der Waals surface area contributed by atoms with Crippen molar-refractivity contribution < 1.29 is 42.1 Å². The van der Waals surface area contributed by atoms with Crippen LogP contribution in [0.1, 0.15) is 168 Å². The van der Waals surface area contributed by atoms with E-state index >= 15 is 0 Å². The Morgan fingerprint density at radius 3 is 1.54 bits per heavy atom. The van der Waals surface area contributed by atoms with Crippen LogP contribution in [0.5, 0.6) is 0 Å². The lowest BCUT2D eigenvalue weighted by atomic mass is 10.1. The Morgan fingerprint density at radius 1 is 0.554 bits per heavy atom. The number of hydrogen-bond donors (Lipinski definition) is 1. The standard InChI is InChI=1S/C46H82NO8P/c1-6-8-10-12-14-16-18-20-22-23-25-27-29-31-33-35-37-39-46(49)55-44(43-54-56(50,51)53-41-40-47(3,4)5)42-52-45(48)38-36-34-32-30-28-26-24-21-19-17-15-13-11-9-7-2/h14,16-17,19-20,22,25,27,31,33,44H,6-13,15,18,21,23-24,26,28-30,32,34-43H2,1-5H3/p+1/b16-14+,19-17+,22-20+,27-25+,33-31+/t44-/m1/s1. The van der Waals surface area contributed by atoms with Crippen LogP contribution in [0.3, 0.4) is 0 Å². The fraction of sp³-hybridized carbons (Fsp3) is 0.739. The molecule has 56 heavy (non-hydrogen) atoms. The first-order chi connectivity index (χ1) is 27.0. The molecule has 2 atom stereocenters. The molecule has 0 heterocycles. The van der Waals surface area contributed by atoms with Gasteiger partial charge in [-0.1, -0.05) is 139 Å². The zero-order chi connectivity index (χ0) is 41.4. The minimum absolute atomic E-state index is 0.0186. The number of allylic oxidation sites excluding steroid dienone is 10. The Morgan fingerprint density at radius 2 is 0.982 bits per heavy atom. The third-order valence-electron chi connectivity index (χ3n) is 9.02. The molecule has 1 N–H and O–H groups in total. The third kappa shape index (κ3) is 41.3. The van der Waals surface area contributed by atoms with Crippen molar-refractivity contribution in [3.05, 3.63) is 60.8 Å².